The van der Waals surface area contributed by atoms with Gasteiger partial charge in [-0.15, -0.1) is 6.58 Å². The van der Waals surface area contributed by atoms with Gasteiger partial charge in [-0.05, 0) is 24.1 Å². The number of benzene rings is 1. The van der Waals surface area contributed by atoms with E-state index in [9.17, 15) is 9.59 Å². The standard InChI is InChI=1S/C16H19ClN2O2/c1-2-9-18-16(21)13-5-8-15(20)19(11-13)10-12-3-6-14(17)7-4-12/h2-4,6-7,13H,1,5,8-11H2,(H,18,21)/t13-/m1/s1. The normalized spacial score (nSPS) is 18.4. The van der Waals surface area contributed by atoms with Crippen LogP contribution < -0.4 is 5.32 Å². The number of likely N-dealkylation sites (tertiary alicyclic amines) is 1. The van der Waals surface area contributed by atoms with Crippen molar-refractivity contribution in [3.63, 3.8) is 0 Å². The highest BCUT2D eigenvalue weighted by atomic mass is 35.5. The van der Waals surface area contributed by atoms with Crippen LogP contribution >= 0.6 is 11.6 Å². The Kier molecular flexibility index (Phi) is 5.39. The molecule has 0 unspecified atom stereocenters. The minimum atomic E-state index is -0.144. The predicted octanol–water partition coefficient (Wildman–Crippen LogP) is 2.38. The second kappa shape index (κ2) is 7.27. The molecule has 0 saturated carbocycles. The molecule has 1 aromatic rings. The minimum absolute atomic E-state index is 0.0106. The molecule has 1 aliphatic heterocycles. The van der Waals surface area contributed by atoms with Gasteiger partial charge in [0.05, 0.1) is 5.92 Å². The first kappa shape index (κ1) is 15.6. The van der Waals surface area contributed by atoms with Gasteiger partial charge in [0.25, 0.3) is 0 Å². The summed E-state index contributed by atoms with van der Waals surface area (Å²) in [5, 5.41) is 3.47. The molecule has 21 heavy (non-hydrogen) atoms. The SMILES string of the molecule is C=CCNC(=O)[C@@H]1CCC(=O)N(Cc2ccc(Cl)cc2)C1. The average Bonchev–Trinajstić information content (AvgIpc) is 2.49. The van der Waals surface area contributed by atoms with Crippen LogP contribution in [0.25, 0.3) is 0 Å². The average molecular weight is 307 g/mol. The molecule has 1 atom stereocenters. The Morgan fingerprint density at radius 3 is 2.81 bits per heavy atom. The second-order valence-electron chi connectivity index (χ2n) is 5.17. The summed E-state index contributed by atoms with van der Waals surface area (Å²) >= 11 is 5.85. The molecule has 5 heteroatoms. The maximum atomic E-state index is 12.0. The van der Waals surface area contributed by atoms with Gasteiger partial charge in [0.2, 0.25) is 11.8 Å². The van der Waals surface area contributed by atoms with Crippen LogP contribution in [0.2, 0.25) is 5.02 Å². The highest BCUT2D eigenvalue weighted by Gasteiger charge is 2.29. The van der Waals surface area contributed by atoms with Crippen molar-refractivity contribution in [3.05, 3.63) is 47.5 Å². The Balaban J connectivity index is 1.97. The van der Waals surface area contributed by atoms with Gasteiger partial charge in [-0.1, -0.05) is 29.8 Å². The highest BCUT2D eigenvalue weighted by molar-refractivity contribution is 6.30. The van der Waals surface area contributed by atoms with Crippen LogP contribution in [0.1, 0.15) is 18.4 Å². The molecule has 0 spiro atoms. The number of amides is 2. The zero-order valence-corrected chi connectivity index (χ0v) is 12.6. The molecule has 1 saturated heterocycles. The molecular formula is C16H19ClN2O2. The van der Waals surface area contributed by atoms with E-state index in [1.165, 1.54) is 0 Å². The highest BCUT2D eigenvalue weighted by Crippen LogP contribution is 2.20. The third-order valence-corrected chi connectivity index (χ3v) is 3.83. The monoisotopic (exact) mass is 306 g/mol. The Labute approximate surface area is 129 Å². The summed E-state index contributed by atoms with van der Waals surface area (Å²) in [5.74, 6) is -0.0591. The van der Waals surface area contributed by atoms with E-state index in [0.717, 1.165) is 5.56 Å². The fraction of sp³-hybridized carbons (Fsp3) is 0.375. The van der Waals surface area contributed by atoms with Crippen molar-refractivity contribution in [2.24, 2.45) is 5.92 Å². The van der Waals surface area contributed by atoms with E-state index < -0.39 is 0 Å². The van der Waals surface area contributed by atoms with Gasteiger partial charge in [-0.2, -0.15) is 0 Å². The number of carbonyl (C=O) groups excluding carboxylic acids is 2. The van der Waals surface area contributed by atoms with Crippen molar-refractivity contribution in [3.8, 4) is 0 Å². The van der Waals surface area contributed by atoms with E-state index in [-0.39, 0.29) is 17.7 Å². The molecular weight excluding hydrogens is 288 g/mol. The minimum Gasteiger partial charge on any atom is -0.352 e. The first-order valence-corrected chi connectivity index (χ1v) is 7.38. The number of carbonyl (C=O) groups is 2. The van der Waals surface area contributed by atoms with Crippen molar-refractivity contribution < 1.29 is 9.59 Å². The lowest BCUT2D eigenvalue weighted by Gasteiger charge is -2.32. The van der Waals surface area contributed by atoms with Gasteiger partial charge >= 0.3 is 0 Å². The van der Waals surface area contributed by atoms with E-state index in [0.29, 0.717) is 37.5 Å². The molecule has 1 aromatic carbocycles. The van der Waals surface area contributed by atoms with Crippen molar-refractivity contribution in [1.29, 1.82) is 0 Å². The summed E-state index contributed by atoms with van der Waals surface area (Å²) in [7, 11) is 0. The van der Waals surface area contributed by atoms with Crippen LogP contribution in [0, 0.1) is 5.92 Å². The summed E-state index contributed by atoms with van der Waals surface area (Å²) in [5.41, 5.74) is 1.01. The summed E-state index contributed by atoms with van der Waals surface area (Å²) in [6.07, 6.45) is 2.68. The molecule has 1 heterocycles. The zero-order chi connectivity index (χ0) is 15.2. The van der Waals surface area contributed by atoms with E-state index in [1.807, 2.05) is 12.1 Å². The Morgan fingerprint density at radius 1 is 1.43 bits per heavy atom. The van der Waals surface area contributed by atoms with Crippen molar-refractivity contribution in [1.82, 2.24) is 10.2 Å². The third-order valence-electron chi connectivity index (χ3n) is 3.58. The first-order chi connectivity index (χ1) is 10.1. The van der Waals surface area contributed by atoms with Crippen molar-refractivity contribution in [2.45, 2.75) is 19.4 Å². The molecule has 0 aliphatic carbocycles. The molecule has 2 rings (SSSR count). The molecule has 0 radical (unpaired) electrons. The Bertz CT molecular complexity index is 528. The van der Waals surface area contributed by atoms with Gasteiger partial charge in [0, 0.05) is 31.1 Å². The number of halogens is 1. The fourth-order valence-electron chi connectivity index (χ4n) is 2.41. The maximum absolute atomic E-state index is 12.0. The number of rotatable bonds is 5. The number of piperidine rings is 1. The quantitative estimate of drug-likeness (QED) is 0.849. The van der Waals surface area contributed by atoms with Gasteiger partial charge in [-0.3, -0.25) is 9.59 Å². The van der Waals surface area contributed by atoms with Crippen molar-refractivity contribution in [2.75, 3.05) is 13.1 Å². The number of nitrogens with zero attached hydrogens (tertiary/aromatic N) is 1. The Morgan fingerprint density at radius 2 is 2.14 bits per heavy atom. The van der Waals surface area contributed by atoms with Crippen LogP contribution in [0.3, 0.4) is 0 Å². The first-order valence-electron chi connectivity index (χ1n) is 7.01. The molecule has 1 aliphatic rings. The van der Waals surface area contributed by atoms with Crippen LogP contribution in [-0.4, -0.2) is 29.8 Å². The third kappa shape index (κ3) is 4.33. The van der Waals surface area contributed by atoms with Crippen LogP contribution in [0.5, 0.6) is 0 Å². The summed E-state index contributed by atoms with van der Waals surface area (Å²) in [4.78, 5) is 25.7. The lowest BCUT2D eigenvalue weighted by Crippen LogP contribution is -2.45. The number of nitrogens with one attached hydrogen (secondary N) is 1. The predicted molar refractivity (Wildman–Crippen MR) is 82.8 cm³/mol. The molecule has 4 nitrogen and oxygen atoms in total. The van der Waals surface area contributed by atoms with Gasteiger partial charge < -0.3 is 10.2 Å². The van der Waals surface area contributed by atoms with E-state index in [2.05, 4.69) is 11.9 Å². The van der Waals surface area contributed by atoms with Crippen LogP contribution in [-0.2, 0) is 16.1 Å². The largest absolute Gasteiger partial charge is 0.352 e. The van der Waals surface area contributed by atoms with Gasteiger partial charge in [-0.25, -0.2) is 0 Å². The molecule has 2 amide bonds. The van der Waals surface area contributed by atoms with E-state index in [1.54, 1.807) is 23.1 Å². The molecule has 1 fully saturated rings. The zero-order valence-electron chi connectivity index (χ0n) is 11.8. The number of hydrogen-bond acceptors (Lipinski definition) is 2. The van der Waals surface area contributed by atoms with Crippen LogP contribution in [0.4, 0.5) is 0 Å². The van der Waals surface area contributed by atoms with Gasteiger partial charge in [0.15, 0.2) is 0 Å². The van der Waals surface area contributed by atoms with E-state index in [4.69, 9.17) is 11.6 Å². The fourth-order valence-corrected chi connectivity index (χ4v) is 2.53. The summed E-state index contributed by atoms with van der Waals surface area (Å²) in [6, 6.07) is 7.41. The summed E-state index contributed by atoms with van der Waals surface area (Å²) in [6.45, 7) is 5.01. The summed E-state index contributed by atoms with van der Waals surface area (Å²) < 4.78 is 0. The maximum Gasteiger partial charge on any atom is 0.225 e. The topological polar surface area (TPSA) is 49.4 Å². The molecule has 112 valence electrons. The van der Waals surface area contributed by atoms with Crippen LogP contribution in [0.15, 0.2) is 36.9 Å². The second-order valence-corrected chi connectivity index (χ2v) is 5.61. The molecule has 0 bridgehead atoms. The lowest BCUT2D eigenvalue weighted by molar-refractivity contribution is -0.138. The Hall–Kier alpha value is -1.81. The molecule has 0 aromatic heterocycles. The van der Waals surface area contributed by atoms with Crippen molar-refractivity contribution >= 4 is 23.4 Å². The van der Waals surface area contributed by atoms with Gasteiger partial charge in [0.1, 0.15) is 0 Å². The lowest BCUT2D eigenvalue weighted by atomic mass is 9.96. The molecule has 1 N–H and O–H groups in total. The smallest absolute Gasteiger partial charge is 0.225 e. The number of hydrogen-bond donors (Lipinski definition) is 1. The van der Waals surface area contributed by atoms with E-state index >= 15 is 0 Å².